The maximum absolute atomic E-state index is 6.56. The van der Waals surface area contributed by atoms with Crippen molar-refractivity contribution in [2.75, 3.05) is 0 Å². The topological polar surface area (TPSA) is 24.8 Å². The monoisotopic (exact) mass is 478 g/mol. The minimum atomic E-state index is -0.462. The molecule has 0 spiro atoms. The fraction of sp³-hybridized carbons (Fsp3) is 0.115. The molecule has 0 amide bonds. The van der Waals surface area contributed by atoms with E-state index in [9.17, 15) is 0 Å². The molecule has 2 aliphatic heterocycles. The highest BCUT2D eigenvalue weighted by Crippen LogP contribution is 2.49. The molecule has 32 heavy (non-hydrogen) atoms. The van der Waals surface area contributed by atoms with Crippen LogP contribution >= 0.6 is 34.8 Å². The van der Waals surface area contributed by atoms with Gasteiger partial charge in [-0.05, 0) is 52.7 Å². The van der Waals surface area contributed by atoms with Crippen LogP contribution in [0.5, 0.6) is 5.75 Å². The quantitative estimate of drug-likeness (QED) is 0.290. The number of halogens is 3. The molecule has 158 valence electrons. The Kier molecular flexibility index (Phi) is 4.80. The minimum absolute atomic E-state index is 0.00401. The molecule has 0 bridgehead atoms. The number of ether oxygens (including phenoxy) is 1. The van der Waals surface area contributed by atoms with Crippen LogP contribution < -0.4 is 4.74 Å². The summed E-state index contributed by atoms with van der Waals surface area (Å²) in [5.74, 6) is 0.793. The molecule has 4 aromatic carbocycles. The molecule has 4 aromatic rings. The Morgan fingerprint density at radius 1 is 0.781 bits per heavy atom. The lowest BCUT2D eigenvalue weighted by Crippen LogP contribution is -2.33. The van der Waals surface area contributed by atoms with Crippen LogP contribution in [0.2, 0.25) is 15.1 Å². The number of hydrazone groups is 1. The summed E-state index contributed by atoms with van der Waals surface area (Å²) in [5.41, 5.74) is 3.96. The standard InChI is InChI=1S/C26H17Cl3N2O/c27-18-8-10-25-21(12-18)24-14-23(17-6-5-15-3-1-2-4-16(15)11-17)30-31(24)26(32-25)20-9-7-19(28)13-22(20)29/h1-13,24,26H,14H2/t24-,26+/m1/s1. The van der Waals surface area contributed by atoms with Gasteiger partial charge in [-0.25, -0.2) is 5.01 Å². The second kappa shape index (κ2) is 7.70. The number of nitrogens with zero attached hydrogens (tertiary/aromatic N) is 2. The summed E-state index contributed by atoms with van der Waals surface area (Å²) < 4.78 is 6.39. The van der Waals surface area contributed by atoms with Gasteiger partial charge in [0.25, 0.3) is 0 Å². The lowest BCUT2D eigenvalue weighted by molar-refractivity contribution is -0.0189. The molecular formula is C26H17Cl3N2O. The van der Waals surface area contributed by atoms with E-state index in [2.05, 4.69) is 36.4 Å². The fourth-order valence-electron chi connectivity index (χ4n) is 4.51. The molecule has 3 nitrogen and oxygen atoms in total. The van der Waals surface area contributed by atoms with Gasteiger partial charge in [0, 0.05) is 27.6 Å². The van der Waals surface area contributed by atoms with E-state index in [-0.39, 0.29) is 6.04 Å². The third-order valence-electron chi connectivity index (χ3n) is 6.06. The smallest absolute Gasteiger partial charge is 0.215 e. The molecule has 0 saturated carbocycles. The number of hydrogen-bond donors (Lipinski definition) is 0. The van der Waals surface area contributed by atoms with Crippen molar-refractivity contribution in [1.82, 2.24) is 5.01 Å². The number of hydrogen-bond acceptors (Lipinski definition) is 3. The van der Waals surface area contributed by atoms with Crippen LogP contribution in [0.1, 0.15) is 35.4 Å². The van der Waals surface area contributed by atoms with Crippen molar-refractivity contribution < 1.29 is 4.74 Å². The molecular weight excluding hydrogens is 463 g/mol. The molecule has 0 radical (unpaired) electrons. The zero-order chi connectivity index (χ0) is 21.8. The Morgan fingerprint density at radius 2 is 1.56 bits per heavy atom. The average molecular weight is 480 g/mol. The van der Waals surface area contributed by atoms with Gasteiger partial charge in [-0.15, -0.1) is 0 Å². The molecule has 0 aliphatic carbocycles. The predicted octanol–water partition coefficient (Wildman–Crippen LogP) is 8.04. The fourth-order valence-corrected chi connectivity index (χ4v) is 5.19. The molecule has 0 aromatic heterocycles. The van der Waals surface area contributed by atoms with E-state index in [0.29, 0.717) is 15.1 Å². The zero-order valence-electron chi connectivity index (χ0n) is 16.8. The van der Waals surface area contributed by atoms with Crippen LogP contribution in [0.15, 0.2) is 84.0 Å². The summed E-state index contributed by atoms with van der Waals surface area (Å²) in [6.07, 6.45) is 0.285. The van der Waals surface area contributed by atoms with Gasteiger partial charge in [-0.3, -0.25) is 0 Å². The van der Waals surface area contributed by atoms with Gasteiger partial charge in [-0.1, -0.05) is 77.3 Å². The lowest BCUT2D eigenvalue weighted by Gasteiger charge is -2.38. The maximum Gasteiger partial charge on any atom is 0.215 e. The zero-order valence-corrected chi connectivity index (χ0v) is 19.1. The minimum Gasteiger partial charge on any atom is -0.464 e. The first kappa shape index (κ1) is 19.9. The van der Waals surface area contributed by atoms with E-state index >= 15 is 0 Å². The van der Waals surface area contributed by atoms with Gasteiger partial charge in [0.05, 0.1) is 16.8 Å². The van der Waals surface area contributed by atoms with Crippen molar-refractivity contribution in [1.29, 1.82) is 0 Å². The summed E-state index contributed by atoms with van der Waals surface area (Å²) in [6, 6.07) is 26.0. The normalized spacial score (nSPS) is 19.3. The Labute approximate surface area is 200 Å². The van der Waals surface area contributed by atoms with Crippen LogP contribution in [0.4, 0.5) is 0 Å². The summed E-state index contributed by atoms with van der Waals surface area (Å²) >= 11 is 19.0. The number of fused-ring (bicyclic) bond motifs is 4. The molecule has 0 N–H and O–H groups in total. The van der Waals surface area contributed by atoms with E-state index in [1.165, 1.54) is 10.8 Å². The predicted molar refractivity (Wildman–Crippen MR) is 131 cm³/mol. The first-order valence-corrected chi connectivity index (χ1v) is 11.5. The Bertz CT molecular complexity index is 1400. The highest BCUT2D eigenvalue weighted by Gasteiger charge is 2.41. The van der Waals surface area contributed by atoms with E-state index in [1.54, 1.807) is 6.07 Å². The van der Waals surface area contributed by atoms with Gasteiger partial charge >= 0.3 is 0 Å². The van der Waals surface area contributed by atoms with Crippen molar-refractivity contribution in [3.63, 3.8) is 0 Å². The van der Waals surface area contributed by atoms with Crippen LogP contribution in [0.3, 0.4) is 0 Å². The molecule has 2 aliphatic rings. The first-order chi connectivity index (χ1) is 15.6. The third kappa shape index (κ3) is 3.32. The van der Waals surface area contributed by atoms with Crippen LogP contribution in [-0.4, -0.2) is 10.7 Å². The molecule has 0 fully saturated rings. The summed E-state index contributed by atoms with van der Waals surface area (Å²) in [7, 11) is 0. The summed E-state index contributed by atoms with van der Waals surface area (Å²) in [4.78, 5) is 0. The lowest BCUT2D eigenvalue weighted by atomic mass is 9.95. The van der Waals surface area contributed by atoms with E-state index in [4.69, 9.17) is 44.6 Å². The second-order valence-electron chi connectivity index (χ2n) is 8.03. The van der Waals surface area contributed by atoms with Gasteiger partial charge in [-0.2, -0.15) is 5.10 Å². The Balaban J connectivity index is 1.47. The second-order valence-corrected chi connectivity index (χ2v) is 9.31. The van der Waals surface area contributed by atoms with Crippen molar-refractivity contribution in [2.24, 2.45) is 5.10 Å². The van der Waals surface area contributed by atoms with Gasteiger partial charge < -0.3 is 4.74 Å². The van der Waals surface area contributed by atoms with Crippen molar-refractivity contribution in [3.8, 4) is 5.75 Å². The molecule has 0 saturated heterocycles. The molecule has 2 atom stereocenters. The maximum atomic E-state index is 6.56. The number of benzene rings is 4. The summed E-state index contributed by atoms with van der Waals surface area (Å²) in [5, 5.41) is 11.2. The van der Waals surface area contributed by atoms with Crippen LogP contribution in [0.25, 0.3) is 10.8 Å². The Morgan fingerprint density at radius 3 is 2.41 bits per heavy atom. The number of rotatable bonds is 2. The molecule has 6 rings (SSSR count). The van der Waals surface area contributed by atoms with Crippen molar-refractivity contribution in [3.05, 3.63) is 111 Å². The molecule has 2 heterocycles. The third-order valence-corrected chi connectivity index (χ3v) is 6.86. The highest BCUT2D eigenvalue weighted by molar-refractivity contribution is 6.35. The van der Waals surface area contributed by atoms with Gasteiger partial charge in [0.1, 0.15) is 5.75 Å². The van der Waals surface area contributed by atoms with Crippen LogP contribution in [0, 0.1) is 0 Å². The highest BCUT2D eigenvalue weighted by atomic mass is 35.5. The first-order valence-electron chi connectivity index (χ1n) is 10.3. The molecule has 0 unspecified atom stereocenters. The van der Waals surface area contributed by atoms with E-state index in [0.717, 1.165) is 34.6 Å². The van der Waals surface area contributed by atoms with Crippen LogP contribution in [-0.2, 0) is 0 Å². The van der Waals surface area contributed by atoms with Crippen molar-refractivity contribution in [2.45, 2.75) is 18.7 Å². The largest absolute Gasteiger partial charge is 0.464 e. The van der Waals surface area contributed by atoms with E-state index < -0.39 is 6.23 Å². The van der Waals surface area contributed by atoms with Crippen molar-refractivity contribution >= 4 is 51.3 Å². The molecule has 6 heteroatoms. The average Bonchev–Trinajstić information content (AvgIpc) is 3.25. The van der Waals surface area contributed by atoms with Gasteiger partial charge in [0.15, 0.2) is 0 Å². The Hall–Kier alpha value is -2.72. The SMILES string of the molecule is Clc1ccc([C@@H]2Oc3ccc(Cl)cc3[C@H]3CC(c4ccc5ccccc5c4)=NN32)c(Cl)c1. The summed E-state index contributed by atoms with van der Waals surface area (Å²) in [6.45, 7) is 0. The van der Waals surface area contributed by atoms with Gasteiger partial charge in [0.2, 0.25) is 6.23 Å². The van der Waals surface area contributed by atoms with E-state index in [1.807, 2.05) is 41.4 Å².